The van der Waals surface area contributed by atoms with Crippen LogP contribution in [0.2, 0.25) is 0 Å². The van der Waals surface area contributed by atoms with E-state index < -0.39 is 12.4 Å². The summed E-state index contributed by atoms with van der Waals surface area (Å²) in [6, 6.07) is -0.660. The highest BCUT2D eigenvalue weighted by atomic mass is 19.4. The Bertz CT molecular complexity index is 193. The summed E-state index contributed by atoms with van der Waals surface area (Å²) < 4.78 is 37.2. The maximum Gasteiger partial charge on any atom is 0.575 e. The molecule has 0 saturated carbocycles. The van der Waals surface area contributed by atoms with E-state index in [0.717, 1.165) is 6.33 Å². The van der Waals surface area contributed by atoms with E-state index >= 15 is 0 Å². The number of alkyl halides is 3. The van der Waals surface area contributed by atoms with Gasteiger partial charge in [0.2, 0.25) is 0 Å². The molecule has 1 heterocycles. The summed E-state index contributed by atoms with van der Waals surface area (Å²) in [5.41, 5.74) is 0. The number of hydrogen-bond donors (Lipinski definition) is 1. The Labute approximate surface area is 53.0 Å². The van der Waals surface area contributed by atoms with Crippen molar-refractivity contribution in [3.8, 4) is 6.01 Å². The molecule has 0 spiro atoms. The van der Waals surface area contributed by atoms with Gasteiger partial charge in [0.25, 0.3) is 0 Å². The van der Waals surface area contributed by atoms with Crippen LogP contribution in [-0.2, 0) is 0 Å². The highest BCUT2D eigenvalue weighted by Crippen LogP contribution is 2.17. The predicted octanol–water partition coefficient (Wildman–Crippen LogP) is 0.703. The molecule has 56 valence electrons. The monoisotopic (exact) mass is 153 g/mol. The molecule has 1 aromatic heterocycles. The molecule has 0 aliphatic rings. The molecule has 0 aromatic carbocycles. The van der Waals surface area contributed by atoms with Gasteiger partial charge in [-0.05, 0) is 0 Å². The van der Waals surface area contributed by atoms with Crippen molar-refractivity contribution in [2.24, 2.45) is 0 Å². The van der Waals surface area contributed by atoms with Gasteiger partial charge in [0, 0.05) is 0 Å². The summed E-state index contributed by atoms with van der Waals surface area (Å²) in [7, 11) is 0. The van der Waals surface area contributed by atoms with E-state index in [1.54, 1.807) is 0 Å². The van der Waals surface area contributed by atoms with Crippen molar-refractivity contribution in [3.63, 3.8) is 0 Å². The Hall–Kier alpha value is -1.27. The molecule has 0 atom stereocenters. The van der Waals surface area contributed by atoms with Gasteiger partial charge in [0.15, 0.2) is 0 Å². The number of nitrogens with one attached hydrogen (secondary N) is 1. The van der Waals surface area contributed by atoms with Crippen molar-refractivity contribution in [1.82, 2.24) is 15.2 Å². The van der Waals surface area contributed by atoms with Crippen LogP contribution in [0.3, 0.4) is 0 Å². The summed E-state index contributed by atoms with van der Waals surface area (Å²) >= 11 is 0. The average molecular weight is 153 g/mol. The van der Waals surface area contributed by atoms with Gasteiger partial charge >= 0.3 is 12.4 Å². The zero-order chi connectivity index (χ0) is 7.61. The minimum absolute atomic E-state index is 0.660. The molecule has 0 bridgehead atoms. The van der Waals surface area contributed by atoms with Crippen LogP contribution < -0.4 is 4.74 Å². The first-order valence-electron chi connectivity index (χ1n) is 2.19. The van der Waals surface area contributed by atoms with Gasteiger partial charge in [-0.1, -0.05) is 0 Å². The number of nitrogens with zero attached hydrogens (tertiary/aromatic N) is 2. The number of H-pyrrole nitrogens is 1. The fourth-order valence-corrected chi connectivity index (χ4v) is 0.353. The summed E-state index contributed by atoms with van der Waals surface area (Å²) in [6.45, 7) is 0. The van der Waals surface area contributed by atoms with Crippen LogP contribution in [0, 0.1) is 0 Å². The van der Waals surface area contributed by atoms with Gasteiger partial charge < -0.3 is 4.74 Å². The largest absolute Gasteiger partial charge is 0.575 e. The normalized spacial score (nSPS) is 11.5. The minimum atomic E-state index is -4.71. The molecule has 0 fully saturated rings. The Balaban J connectivity index is 2.57. The topological polar surface area (TPSA) is 50.8 Å². The quantitative estimate of drug-likeness (QED) is 0.646. The van der Waals surface area contributed by atoms with Crippen LogP contribution >= 0.6 is 0 Å². The number of ether oxygens (including phenoxy) is 1. The maximum atomic E-state index is 11.3. The van der Waals surface area contributed by atoms with Gasteiger partial charge in [0.05, 0.1) is 0 Å². The molecule has 1 rings (SSSR count). The molecule has 0 aliphatic heterocycles. The van der Waals surface area contributed by atoms with E-state index in [0.29, 0.717) is 0 Å². The molecular weight excluding hydrogens is 151 g/mol. The molecule has 0 saturated heterocycles. The summed E-state index contributed by atoms with van der Waals surface area (Å²) in [6.07, 6.45) is -3.79. The zero-order valence-electron chi connectivity index (χ0n) is 4.51. The molecule has 1 N–H and O–H groups in total. The number of aromatic nitrogens is 3. The third-order valence-corrected chi connectivity index (χ3v) is 0.605. The van der Waals surface area contributed by atoms with Gasteiger partial charge in [0.1, 0.15) is 6.33 Å². The lowest BCUT2D eigenvalue weighted by Gasteiger charge is -2.02. The van der Waals surface area contributed by atoms with Crippen molar-refractivity contribution >= 4 is 0 Å². The van der Waals surface area contributed by atoms with Gasteiger partial charge in [-0.2, -0.15) is 10.1 Å². The third kappa shape index (κ3) is 1.92. The SMILES string of the molecule is FC(F)(F)Oc1ncn[nH]1. The van der Waals surface area contributed by atoms with Crippen molar-refractivity contribution < 1.29 is 17.9 Å². The second kappa shape index (κ2) is 2.16. The van der Waals surface area contributed by atoms with Crippen LogP contribution in [0.1, 0.15) is 0 Å². The standard InChI is InChI=1S/C3H2F3N3O/c4-3(5,6)10-2-7-1-8-9-2/h1H,(H,7,8,9). The van der Waals surface area contributed by atoms with E-state index in [1.807, 2.05) is 5.10 Å². The first kappa shape index (κ1) is 6.84. The minimum Gasteiger partial charge on any atom is -0.371 e. The number of aromatic amines is 1. The lowest BCUT2D eigenvalue weighted by Crippen LogP contribution is -2.17. The lowest BCUT2D eigenvalue weighted by molar-refractivity contribution is -0.277. The van der Waals surface area contributed by atoms with Gasteiger partial charge in [-0.15, -0.1) is 13.2 Å². The zero-order valence-corrected chi connectivity index (χ0v) is 4.51. The van der Waals surface area contributed by atoms with E-state index in [-0.39, 0.29) is 0 Å². The highest BCUT2D eigenvalue weighted by Gasteiger charge is 2.32. The van der Waals surface area contributed by atoms with E-state index in [9.17, 15) is 13.2 Å². The van der Waals surface area contributed by atoms with Crippen molar-refractivity contribution in [3.05, 3.63) is 6.33 Å². The molecule has 0 unspecified atom stereocenters. The number of rotatable bonds is 1. The second-order valence-corrected chi connectivity index (χ2v) is 1.34. The highest BCUT2D eigenvalue weighted by molar-refractivity contribution is 4.85. The molecule has 0 amide bonds. The molecule has 4 nitrogen and oxygen atoms in total. The first-order chi connectivity index (χ1) is 4.58. The number of halogens is 3. The number of hydrogen-bond acceptors (Lipinski definition) is 3. The summed E-state index contributed by atoms with van der Waals surface area (Å²) in [5, 5.41) is 5.04. The first-order valence-corrected chi connectivity index (χ1v) is 2.19. The maximum absolute atomic E-state index is 11.3. The smallest absolute Gasteiger partial charge is 0.371 e. The van der Waals surface area contributed by atoms with Gasteiger partial charge in [-0.25, -0.2) is 5.10 Å². The molecule has 0 aliphatic carbocycles. The Morgan fingerprint density at radius 2 is 2.20 bits per heavy atom. The van der Waals surface area contributed by atoms with E-state index in [1.165, 1.54) is 0 Å². The van der Waals surface area contributed by atoms with Gasteiger partial charge in [-0.3, -0.25) is 0 Å². The predicted molar refractivity (Wildman–Crippen MR) is 23.1 cm³/mol. The second-order valence-electron chi connectivity index (χ2n) is 1.34. The Morgan fingerprint density at radius 3 is 2.60 bits per heavy atom. The fraction of sp³-hybridized carbons (Fsp3) is 0.333. The fourth-order valence-electron chi connectivity index (χ4n) is 0.353. The molecule has 0 radical (unpaired) electrons. The molecule has 10 heavy (non-hydrogen) atoms. The lowest BCUT2D eigenvalue weighted by atomic mass is 11.1. The Kier molecular flexibility index (Phi) is 1.48. The third-order valence-electron chi connectivity index (χ3n) is 0.605. The van der Waals surface area contributed by atoms with Crippen LogP contribution in [0.5, 0.6) is 6.01 Å². The molecular formula is C3H2F3N3O. The molecule has 7 heteroatoms. The summed E-state index contributed by atoms with van der Waals surface area (Å²) in [4.78, 5) is 3.09. The average Bonchev–Trinajstić information content (AvgIpc) is 2.12. The van der Waals surface area contributed by atoms with E-state index in [4.69, 9.17) is 0 Å². The van der Waals surface area contributed by atoms with Crippen molar-refractivity contribution in [2.75, 3.05) is 0 Å². The van der Waals surface area contributed by atoms with Crippen LogP contribution in [0.15, 0.2) is 6.33 Å². The van der Waals surface area contributed by atoms with E-state index in [2.05, 4.69) is 14.8 Å². The Morgan fingerprint density at radius 1 is 1.50 bits per heavy atom. The van der Waals surface area contributed by atoms with Crippen molar-refractivity contribution in [2.45, 2.75) is 6.36 Å². The van der Waals surface area contributed by atoms with Crippen LogP contribution in [0.4, 0.5) is 13.2 Å². The molecule has 1 aromatic rings. The van der Waals surface area contributed by atoms with Crippen LogP contribution in [0.25, 0.3) is 0 Å². The summed E-state index contributed by atoms with van der Waals surface area (Å²) in [5.74, 6) is 0. The van der Waals surface area contributed by atoms with Crippen molar-refractivity contribution in [1.29, 1.82) is 0 Å². The van der Waals surface area contributed by atoms with Crippen LogP contribution in [-0.4, -0.2) is 21.5 Å².